The van der Waals surface area contributed by atoms with Crippen LogP contribution in [0.1, 0.15) is 13.3 Å². The van der Waals surface area contributed by atoms with Gasteiger partial charge in [-0.3, -0.25) is 4.40 Å². The van der Waals surface area contributed by atoms with Crippen molar-refractivity contribution >= 4 is 31.6 Å². The first-order chi connectivity index (χ1) is 8.46. The molecule has 0 atom stereocenters. The topological polar surface area (TPSA) is 54.7 Å². The first-order valence-electron chi connectivity index (χ1n) is 5.55. The van der Waals surface area contributed by atoms with E-state index in [1.807, 2.05) is 13.0 Å². The fraction of sp³-hybridized carbons (Fsp3) is 0.364. The number of pyridine rings is 1. The summed E-state index contributed by atoms with van der Waals surface area (Å²) >= 11 is 3.33. The normalized spacial score (nSPS) is 12.4. The van der Waals surface area contributed by atoms with Gasteiger partial charge in [-0.1, -0.05) is 6.92 Å². The maximum absolute atomic E-state index is 12.4. The van der Waals surface area contributed by atoms with Gasteiger partial charge in [0, 0.05) is 24.3 Å². The van der Waals surface area contributed by atoms with E-state index in [4.69, 9.17) is 0 Å². The minimum absolute atomic E-state index is 0.190. The quantitative estimate of drug-likeness (QED) is 0.862. The minimum atomic E-state index is -3.49. The van der Waals surface area contributed by atoms with Crippen molar-refractivity contribution < 1.29 is 8.42 Å². The largest absolute Gasteiger partial charge is 0.288 e. The van der Waals surface area contributed by atoms with E-state index in [9.17, 15) is 8.42 Å². The number of fused-ring (bicyclic) bond motifs is 1. The smallest absolute Gasteiger partial charge is 0.260 e. The van der Waals surface area contributed by atoms with E-state index in [1.54, 1.807) is 23.7 Å². The Morgan fingerprint density at radius 2 is 2.17 bits per heavy atom. The molecular weight excluding hydrogens is 318 g/mol. The van der Waals surface area contributed by atoms with Crippen LogP contribution in [0.5, 0.6) is 0 Å². The van der Waals surface area contributed by atoms with Gasteiger partial charge in [-0.25, -0.2) is 13.4 Å². The predicted octanol–water partition coefficient (Wildman–Crippen LogP) is 2.13. The Labute approximate surface area is 115 Å². The van der Waals surface area contributed by atoms with Gasteiger partial charge in [0.15, 0.2) is 5.03 Å². The van der Waals surface area contributed by atoms with Gasteiger partial charge >= 0.3 is 0 Å². The van der Waals surface area contributed by atoms with E-state index in [0.717, 1.165) is 10.9 Å². The molecule has 2 rings (SSSR count). The van der Waals surface area contributed by atoms with Crippen LogP contribution in [-0.2, 0) is 10.0 Å². The van der Waals surface area contributed by atoms with Gasteiger partial charge in [0.05, 0.1) is 6.20 Å². The summed E-state index contributed by atoms with van der Waals surface area (Å²) in [7, 11) is -1.91. The van der Waals surface area contributed by atoms with Gasteiger partial charge in [-0.15, -0.1) is 0 Å². The van der Waals surface area contributed by atoms with E-state index in [0.29, 0.717) is 12.2 Å². The van der Waals surface area contributed by atoms with Crippen LogP contribution in [0.3, 0.4) is 0 Å². The van der Waals surface area contributed by atoms with Crippen molar-refractivity contribution in [2.45, 2.75) is 18.4 Å². The number of hydrogen-bond donors (Lipinski definition) is 0. The fourth-order valence-electron chi connectivity index (χ4n) is 1.72. The van der Waals surface area contributed by atoms with Gasteiger partial charge in [-0.2, -0.15) is 4.31 Å². The monoisotopic (exact) mass is 331 g/mol. The molecular formula is C11H14BrN3O2S. The average molecular weight is 332 g/mol. The third kappa shape index (κ3) is 2.30. The highest BCUT2D eigenvalue weighted by Crippen LogP contribution is 2.19. The summed E-state index contributed by atoms with van der Waals surface area (Å²) in [6.45, 7) is 2.43. The SMILES string of the molecule is CCCN(C)S(=O)(=O)c1cnc2ccc(Br)cn12. The van der Waals surface area contributed by atoms with E-state index in [2.05, 4.69) is 20.9 Å². The zero-order chi connectivity index (χ0) is 13.3. The van der Waals surface area contributed by atoms with Gasteiger partial charge < -0.3 is 0 Å². The van der Waals surface area contributed by atoms with Crippen molar-refractivity contribution in [3.05, 3.63) is 29.0 Å². The van der Waals surface area contributed by atoms with Gasteiger partial charge in [0.2, 0.25) is 0 Å². The van der Waals surface area contributed by atoms with E-state index in [-0.39, 0.29) is 5.03 Å². The molecule has 0 N–H and O–H groups in total. The highest BCUT2D eigenvalue weighted by atomic mass is 79.9. The first-order valence-corrected chi connectivity index (χ1v) is 7.79. The van der Waals surface area contributed by atoms with Gasteiger partial charge in [-0.05, 0) is 34.5 Å². The molecule has 2 heterocycles. The Morgan fingerprint density at radius 3 is 2.83 bits per heavy atom. The Kier molecular flexibility index (Phi) is 3.74. The zero-order valence-electron chi connectivity index (χ0n) is 10.2. The van der Waals surface area contributed by atoms with Crippen LogP contribution in [0.4, 0.5) is 0 Å². The molecule has 98 valence electrons. The molecule has 0 aromatic carbocycles. The first kappa shape index (κ1) is 13.5. The van der Waals surface area contributed by atoms with Crippen molar-refractivity contribution in [1.29, 1.82) is 0 Å². The van der Waals surface area contributed by atoms with Crippen molar-refractivity contribution in [3.8, 4) is 0 Å². The molecule has 0 radical (unpaired) electrons. The van der Waals surface area contributed by atoms with Crippen molar-refractivity contribution in [2.75, 3.05) is 13.6 Å². The Morgan fingerprint density at radius 1 is 1.44 bits per heavy atom. The lowest BCUT2D eigenvalue weighted by atomic mass is 10.5. The summed E-state index contributed by atoms with van der Waals surface area (Å²) in [5.41, 5.74) is 0.613. The van der Waals surface area contributed by atoms with Crippen LogP contribution in [0.15, 0.2) is 34.0 Å². The van der Waals surface area contributed by atoms with Crippen LogP contribution in [-0.4, -0.2) is 35.7 Å². The number of halogens is 1. The Balaban J connectivity index is 2.57. The number of imidazole rings is 1. The lowest BCUT2D eigenvalue weighted by Crippen LogP contribution is -2.28. The van der Waals surface area contributed by atoms with E-state index >= 15 is 0 Å². The molecule has 0 bridgehead atoms. The van der Waals surface area contributed by atoms with Crippen LogP contribution in [0.25, 0.3) is 5.65 Å². The highest BCUT2D eigenvalue weighted by Gasteiger charge is 2.24. The number of nitrogens with zero attached hydrogens (tertiary/aromatic N) is 3. The second kappa shape index (κ2) is 4.99. The molecule has 0 aliphatic carbocycles. The molecule has 18 heavy (non-hydrogen) atoms. The molecule has 0 aliphatic rings. The molecule has 2 aromatic heterocycles. The Hall–Kier alpha value is -0.920. The molecule has 2 aromatic rings. The van der Waals surface area contributed by atoms with Crippen molar-refractivity contribution in [2.24, 2.45) is 0 Å². The molecule has 0 fully saturated rings. The molecule has 5 nitrogen and oxygen atoms in total. The predicted molar refractivity (Wildman–Crippen MR) is 73.0 cm³/mol. The van der Waals surface area contributed by atoms with Crippen LogP contribution >= 0.6 is 15.9 Å². The van der Waals surface area contributed by atoms with E-state index in [1.165, 1.54) is 10.5 Å². The molecule has 0 aliphatic heterocycles. The summed E-state index contributed by atoms with van der Waals surface area (Å²) in [6, 6.07) is 3.59. The molecule has 0 saturated carbocycles. The second-order valence-corrected chi connectivity index (χ2v) is 6.91. The van der Waals surface area contributed by atoms with Crippen LogP contribution < -0.4 is 0 Å². The number of hydrogen-bond acceptors (Lipinski definition) is 3. The fourth-order valence-corrected chi connectivity index (χ4v) is 3.38. The zero-order valence-corrected chi connectivity index (χ0v) is 12.6. The minimum Gasteiger partial charge on any atom is -0.288 e. The number of sulfonamides is 1. The summed E-state index contributed by atoms with van der Waals surface area (Å²) in [5, 5.41) is 0.190. The summed E-state index contributed by atoms with van der Waals surface area (Å²) in [5.74, 6) is 0. The molecule has 0 unspecified atom stereocenters. The summed E-state index contributed by atoms with van der Waals surface area (Å²) < 4.78 is 28.4. The standard InChI is InChI=1S/C11H14BrN3O2S/c1-3-6-14(2)18(16,17)11-7-13-10-5-4-9(12)8-15(10)11/h4-5,7-8H,3,6H2,1-2H3. The van der Waals surface area contributed by atoms with Crippen molar-refractivity contribution in [3.63, 3.8) is 0 Å². The number of rotatable bonds is 4. The second-order valence-electron chi connectivity index (χ2n) is 4.00. The highest BCUT2D eigenvalue weighted by molar-refractivity contribution is 9.10. The van der Waals surface area contributed by atoms with Crippen LogP contribution in [0.2, 0.25) is 0 Å². The lowest BCUT2D eigenvalue weighted by molar-refractivity contribution is 0.465. The summed E-state index contributed by atoms with van der Waals surface area (Å²) in [4.78, 5) is 4.10. The molecule has 0 spiro atoms. The maximum atomic E-state index is 12.4. The maximum Gasteiger partial charge on any atom is 0.260 e. The third-order valence-electron chi connectivity index (χ3n) is 2.65. The average Bonchev–Trinajstić information content (AvgIpc) is 2.72. The van der Waals surface area contributed by atoms with Gasteiger partial charge in [0.1, 0.15) is 5.65 Å². The summed E-state index contributed by atoms with van der Waals surface area (Å²) in [6.07, 6.45) is 3.87. The van der Waals surface area contributed by atoms with E-state index < -0.39 is 10.0 Å². The third-order valence-corrected chi connectivity index (χ3v) is 4.95. The molecule has 0 amide bonds. The van der Waals surface area contributed by atoms with Crippen LogP contribution in [0, 0.1) is 0 Å². The Bertz CT molecular complexity index is 666. The van der Waals surface area contributed by atoms with Crippen molar-refractivity contribution in [1.82, 2.24) is 13.7 Å². The van der Waals surface area contributed by atoms with Gasteiger partial charge in [0.25, 0.3) is 10.0 Å². The number of aromatic nitrogens is 2. The lowest BCUT2D eigenvalue weighted by Gasteiger charge is -2.15. The molecule has 0 saturated heterocycles. The molecule has 7 heteroatoms.